The highest BCUT2D eigenvalue weighted by Crippen LogP contribution is 2.40. The molecule has 2 N–H and O–H groups in total. The molecule has 4 nitrogen and oxygen atoms in total. The highest BCUT2D eigenvalue weighted by molar-refractivity contribution is 5.40. The van der Waals surface area contributed by atoms with E-state index in [9.17, 15) is 4.39 Å². The van der Waals surface area contributed by atoms with Crippen molar-refractivity contribution >= 4 is 0 Å². The molecule has 5 heteroatoms. The summed E-state index contributed by atoms with van der Waals surface area (Å²) < 4.78 is 25.1. The molecule has 0 fully saturated rings. The summed E-state index contributed by atoms with van der Waals surface area (Å²) in [6, 6.07) is 12.5. The van der Waals surface area contributed by atoms with E-state index in [0.29, 0.717) is 12.3 Å². The fraction of sp³-hybridized carbons (Fsp3) is 0.400. The number of rotatable bonds is 6. The van der Waals surface area contributed by atoms with Gasteiger partial charge in [-0.25, -0.2) is 4.39 Å². The zero-order valence-electron chi connectivity index (χ0n) is 14.6. The molecule has 2 aromatic rings. The minimum atomic E-state index is -0.370. The maximum absolute atomic E-state index is 13.6. The van der Waals surface area contributed by atoms with Crippen molar-refractivity contribution in [1.82, 2.24) is 5.32 Å². The molecule has 0 spiro atoms. The van der Waals surface area contributed by atoms with E-state index in [1.54, 1.807) is 6.07 Å². The summed E-state index contributed by atoms with van der Waals surface area (Å²) in [6.45, 7) is 4.87. The minimum Gasteiger partial charge on any atom is -0.491 e. The van der Waals surface area contributed by atoms with Crippen LogP contribution in [0.1, 0.15) is 37.4 Å². The number of halogens is 1. The van der Waals surface area contributed by atoms with Gasteiger partial charge >= 0.3 is 0 Å². The zero-order valence-corrected chi connectivity index (χ0v) is 14.6. The summed E-state index contributed by atoms with van der Waals surface area (Å²) in [4.78, 5) is 0. The maximum atomic E-state index is 13.6. The molecule has 1 atom stereocenters. The van der Waals surface area contributed by atoms with E-state index >= 15 is 0 Å². The van der Waals surface area contributed by atoms with E-state index < -0.39 is 0 Å². The first kappa shape index (κ1) is 17.7. The second-order valence-electron chi connectivity index (χ2n) is 6.86. The second kappa shape index (κ2) is 7.42. The molecule has 0 radical (unpaired) electrons. The van der Waals surface area contributed by atoms with Crippen LogP contribution in [-0.4, -0.2) is 23.9 Å². The van der Waals surface area contributed by atoms with Gasteiger partial charge in [0.1, 0.15) is 29.5 Å². The highest BCUT2D eigenvalue weighted by atomic mass is 19.1. The first-order valence-electron chi connectivity index (χ1n) is 8.52. The number of hydrogen-bond acceptors (Lipinski definition) is 4. The largest absolute Gasteiger partial charge is 0.491 e. The third kappa shape index (κ3) is 4.30. The van der Waals surface area contributed by atoms with Crippen molar-refractivity contribution in [3.8, 4) is 11.5 Å². The Bertz CT molecular complexity index is 733. The first-order chi connectivity index (χ1) is 12.0. The van der Waals surface area contributed by atoms with Crippen molar-refractivity contribution in [1.29, 1.82) is 0 Å². The van der Waals surface area contributed by atoms with Crippen molar-refractivity contribution in [3.05, 3.63) is 59.4 Å². The summed E-state index contributed by atoms with van der Waals surface area (Å²) in [5, 5.41) is 12.5. The fourth-order valence-corrected chi connectivity index (χ4v) is 3.19. The van der Waals surface area contributed by atoms with Gasteiger partial charge < -0.3 is 19.9 Å². The number of aliphatic hydroxyl groups is 1. The molecule has 0 amide bonds. The van der Waals surface area contributed by atoms with Gasteiger partial charge in [-0.3, -0.25) is 0 Å². The van der Waals surface area contributed by atoms with Crippen LogP contribution in [0.5, 0.6) is 11.5 Å². The van der Waals surface area contributed by atoms with Gasteiger partial charge in [-0.05, 0) is 26.0 Å². The summed E-state index contributed by atoms with van der Waals surface area (Å²) in [5.41, 5.74) is 1.61. The predicted molar refractivity (Wildman–Crippen MR) is 94.3 cm³/mol. The third-order valence-electron chi connectivity index (χ3n) is 4.29. The molecule has 1 aliphatic rings. The van der Waals surface area contributed by atoms with Crippen LogP contribution in [0.3, 0.4) is 0 Å². The van der Waals surface area contributed by atoms with Crippen LogP contribution in [0, 0.1) is 5.82 Å². The molecule has 134 valence electrons. The van der Waals surface area contributed by atoms with Gasteiger partial charge in [0.25, 0.3) is 0 Å². The average Bonchev–Trinajstić information content (AvgIpc) is 2.57. The van der Waals surface area contributed by atoms with E-state index in [1.165, 1.54) is 12.1 Å². The third-order valence-corrected chi connectivity index (χ3v) is 4.29. The van der Waals surface area contributed by atoms with Crippen LogP contribution >= 0.6 is 0 Å². The Morgan fingerprint density at radius 2 is 2.08 bits per heavy atom. The number of ether oxygens (including phenoxy) is 2. The topological polar surface area (TPSA) is 50.7 Å². The Labute approximate surface area is 147 Å². The first-order valence-corrected chi connectivity index (χ1v) is 8.52. The molecule has 0 bridgehead atoms. The highest BCUT2D eigenvalue weighted by Gasteiger charge is 2.33. The molecule has 3 rings (SSSR count). The zero-order chi connectivity index (χ0) is 17.9. The maximum Gasteiger partial charge on any atom is 0.127 e. The standard InChI is InChI=1S/C20H24FNO3/c1-20(2)12-17(16-8-7-15(21)11-19(16)25-20)22-13-14-5-3-4-6-18(14)24-10-9-23/h3-8,11,17,22-23H,9-10,12-13H2,1-2H3. The lowest BCUT2D eigenvalue weighted by Gasteiger charge is -2.38. The SMILES string of the molecule is CC1(C)CC(NCc2ccccc2OCCO)c2ccc(F)cc2O1. The van der Waals surface area contributed by atoms with E-state index in [1.807, 2.05) is 38.1 Å². The molecule has 1 aliphatic heterocycles. The number of benzene rings is 2. The summed E-state index contributed by atoms with van der Waals surface area (Å²) >= 11 is 0. The van der Waals surface area contributed by atoms with E-state index in [2.05, 4.69) is 5.32 Å². The summed E-state index contributed by atoms with van der Waals surface area (Å²) in [5.74, 6) is 1.06. The molecule has 1 heterocycles. The Kier molecular flexibility index (Phi) is 5.25. The number of hydrogen-bond donors (Lipinski definition) is 2. The van der Waals surface area contributed by atoms with Crippen molar-refractivity contribution in [2.24, 2.45) is 0 Å². The van der Waals surface area contributed by atoms with E-state index in [-0.39, 0.29) is 30.7 Å². The number of nitrogens with one attached hydrogen (secondary N) is 1. The van der Waals surface area contributed by atoms with Crippen molar-refractivity contribution in [2.45, 2.75) is 38.5 Å². The van der Waals surface area contributed by atoms with Crippen LogP contribution in [0.2, 0.25) is 0 Å². The number of aliphatic hydroxyl groups excluding tert-OH is 1. The molecule has 0 aliphatic carbocycles. The van der Waals surface area contributed by atoms with Gasteiger partial charge in [-0.2, -0.15) is 0 Å². The molecule has 25 heavy (non-hydrogen) atoms. The van der Waals surface area contributed by atoms with Gasteiger partial charge in [0.2, 0.25) is 0 Å². The van der Waals surface area contributed by atoms with Crippen LogP contribution < -0.4 is 14.8 Å². The summed E-state index contributed by atoms with van der Waals surface area (Å²) in [6.07, 6.45) is 0.783. The Balaban J connectivity index is 1.78. The monoisotopic (exact) mass is 345 g/mol. The van der Waals surface area contributed by atoms with Crippen LogP contribution in [0.4, 0.5) is 4.39 Å². The molecule has 2 aromatic carbocycles. The van der Waals surface area contributed by atoms with Gasteiger partial charge in [0.05, 0.1) is 6.61 Å². The van der Waals surface area contributed by atoms with Crippen LogP contribution in [0.25, 0.3) is 0 Å². The molecule has 1 unspecified atom stereocenters. The quantitative estimate of drug-likeness (QED) is 0.840. The molecule has 0 saturated heterocycles. The normalized spacial score (nSPS) is 18.3. The fourth-order valence-electron chi connectivity index (χ4n) is 3.19. The second-order valence-corrected chi connectivity index (χ2v) is 6.86. The smallest absolute Gasteiger partial charge is 0.127 e. The predicted octanol–water partition coefficient (Wildman–Crippen LogP) is 3.59. The molecule has 0 saturated carbocycles. The lowest BCUT2D eigenvalue weighted by Crippen LogP contribution is -2.39. The van der Waals surface area contributed by atoms with Gasteiger partial charge in [-0.1, -0.05) is 24.3 Å². The van der Waals surface area contributed by atoms with Crippen molar-refractivity contribution in [3.63, 3.8) is 0 Å². The lowest BCUT2D eigenvalue weighted by atomic mass is 9.89. The molecular formula is C20H24FNO3. The van der Waals surface area contributed by atoms with Gasteiger partial charge in [0, 0.05) is 36.2 Å². The Morgan fingerprint density at radius 3 is 2.88 bits per heavy atom. The van der Waals surface area contributed by atoms with Gasteiger partial charge in [0.15, 0.2) is 0 Å². The number of para-hydroxylation sites is 1. The molecule has 0 aromatic heterocycles. The van der Waals surface area contributed by atoms with Crippen LogP contribution in [-0.2, 0) is 6.54 Å². The molecular weight excluding hydrogens is 321 g/mol. The van der Waals surface area contributed by atoms with Gasteiger partial charge in [-0.15, -0.1) is 0 Å². The Morgan fingerprint density at radius 1 is 1.28 bits per heavy atom. The van der Waals surface area contributed by atoms with Crippen molar-refractivity contribution < 1.29 is 19.0 Å². The van der Waals surface area contributed by atoms with E-state index in [4.69, 9.17) is 14.6 Å². The Hall–Kier alpha value is -2.11. The average molecular weight is 345 g/mol. The van der Waals surface area contributed by atoms with Crippen LogP contribution in [0.15, 0.2) is 42.5 Å². The van der Waals surface area contributed by atoms with E-state index in [0.717, 1.165) is 23.3 Å². The summed E-state index contributed by atoms with van der Waals surface area (Å²) in [7, 11) is 0. The minimum absolute atomic E-state index is 0.0190. The lowest BCUT2D eigenvalue weighted by molar-refractivity contribution is 0.0652. The van der Waals surface area contributed by atoms with Crippen molar-refractivity contribution in [2.75, 3.05) is 13.2 Å². The number of fused-ring (bicyclic) bond motifs is 1.